The molecule has 0 saturated carbocycles. The van der Waals surface area contributed by atoms with Crippen LogP contribution >= 0.6 is 11.6 Å². The molecule has 0 fully saturated rings. The summed E-state index contributed by atoms with van der Waals surface area (Å²) in [5.41, 5.74) is 6.43. The molecule has 0 aliphatic heterocycles. The zero-order valence-electron chi connectivity index (χ0n) is 10.7. The Morgan fingerprint density at radius 3 is 2.70 bits per heavy atom. The third kappa shape index (κ3) is 3.29. The molecule has 0 aliphatic rings. The summed E-state index contributed by atoms with van der Waals surface area (Å²) in [5, 5.41) is 0.510. The molecule has 0 aliphatic carbocycles. The highest BCUT2D eigenvalue weighted by Crippen LogP contribution is 2.26. The maximum absolute atomic E-state index is 13.7. The van der Waals surface area contributed by atoms with Gasteiger partial charge in [0.25, 0.3) is 0 Å². The normalized spacial score (nSPS) is 12.2. The Bertz CT molecular complexity index is 664. The molecule has 3 nitrogen and oxygen atoms in total. The van der Waals surface area contributed by atoms with Crippen molar-refractivity contribution in [2.24, 2.45) is 0 Å². The minimum absolute atomic E-state index is 0.112. The van der Waals surface area contributed by atoms with Gasteiger partial charge in [-0.25, -0.2) is 4.39 Å². The highest BCUT2D eigenvalue weighted by molar-refractivity contribution is 7.84. The minimum Gasteiger partial charge on any atom is -0.496 e. The number of rotatable bonds is 4. The Hall–Kier alpha value is -1.59. The van der Waals surface area contributed by atoms with Crippen molar-refractivity contribution in [3.05, 3.63) is 52.8 Å². The molecule has 0 saturated heterocycles. The van der Waals surface area contributed by atoms with Crippen LogP contribution in [0.1, 0.15) is 5.56 Å². The van der Waals surface area contributed by atoms with Crippen molar-refractivity contribution in [1.29, 1.82) is 0 Å². The third-order valence-electron chi connectivity index (χ3n) is 2.73. The second-order valence-electron chi connectivity index (χ2n) is 4.14. The van der Waals surface area contributed by atoms with Crippen LogP contribution in [-0.2, 0) is 16.6 Å². The van der Waals surface area contributed by atoms with Crippen molar-refractivity contribution >= 4 is 28.1 Å². The summed E-state index contributed by atoms with van der Waals surface area (Å²) in [7, 11) is -0.0302. The van der Waals surface area contributed by atoms with Gasteiger partial charge >= 0.3 is 0 Å². The molecule has 1 atom stereocenters. The molecule has 0 amide bonds. The van der Waals surface area contributed by atoms with E-state index in [1.165, 1.54) is 19.2 Å². The van der Waals surface area contributed by atoms with E-state index in [-0.39, 0.29) is 10.6 Å². The van der Waals surface area contributed by atoms with Gasteiger partial charge in [-0.3, -0.25) is 4.21 Å². The Morgan fingerprint density at radius 1 is 1.30 bits per heavy atom. The van der Waals surface area contributed by atoms with Crippen molar-refractivity contribution in [3.63, 3.8) is 0 Å². The molecule has 2 N–H and O–H groups in total. The Kier molecular flexibility index (Phi) is 4.62. The van der Waals surface area contributed by atoms with Crippen molar-refractivity contribution in [2.45, 2.75) is 10.6 Å². The SMILES string of the molecule is COc1ccc(Cl)cc1CS(=O)c1ccc(N)cc1F. The predicted molar refractivity (Wildman–Crippen MR) is 78.9 cm³/mol. The van der Waals surface area contributed by atoms with Gasteiger partial charge in [-0.1, -0.05) is 11.6 Å². The van der Waals surface area contributed by atoms with Crippen LogP contribution in [0.15, 0.2) is 41.3 Å². The van der Waals surface area contributed by atoms with E-state index in [0.717, 1.165) is 6.07 Å². The molecule has 20 heavy (non-hydrogen) atoms. The van der Waals surface area contributed by atoms with Gasteiger partial charge in [-0.05, 0) is 36.4 Å². The fraction of sp³-hybridized carbons (Fsp3) is 0.143. The monoisotopic (exact) mass is 313 g/mol. The fourth-order valence-electron chi connectivity index (χ4n) is 1.78. The first-order valence-electron chi connectivity index (χ1n) is 5.77. The molecule has 0 radical (unpaired) electrons. The average molecular weight is 314 g/mol. The highest BCUT2D eigenvalue weighted by Gasteiger charge is 2.14. The molecule has 106 valence electrons. The number of nitrogens with two attached hydrogens (primary N) is 1. The number of methoxy groups -OCH3 is 1. The third-order valence-corrected chi connectivity index (χ3v) is 4.36. The molecule has 2 rings (SSSR count). The van der Waals surface area contributed by atoms with Crippen LogP contribution in [0.4, 0.5) is 10.1 Å². The summed E-state index contributed by atoms with van der Waals surface area (Å²) in [6, 6.07) is 9.13. The average Bonchev–Trinajstić information content (AvgIpc) is 2.38. The maximum atomic E-state index is 13.7. The second kappa shape index (κ2) is 6.24. The molecule has 2 aromatic carbocycles. The van der Waals surface area contributed by atoms with Crippen LogP contribution in [0, 0.1) is 5.82 Å². The van der Waals surface area contributed by atoms with Crippen molar-refractivity contribution in [2.75, 3.05) is 12.8 Å². The molecule has 0 bridgehead atoms. The fourth-order valence-corrected chi connectivity index (χ4v) is 3.14. The molecular formula is C14H13ClFNO2S. The van der Waals surface area contributed by atoms with E-state index >= 15 is 0 Å². The van der Waals surface area contributed by atoms with E-state index in [1.807, 2.05) is 0 Å². The van der Waals surface area contributed by atoms with Gasteiger partial charge in [-0.2, -0.15) is 0 Å². The number of hydrogen-bond donors (Lipinski definition) is 1. The Labute approximate surface area is 124 Å². The quantitative estimate of drug-likeness (QED) is 0.880. The molecule has 2 aromatic rings. The molecule has 6 heteroatoms. The lowest BCUT2D eigenvalue weighted by molar-refractivity contribution is 0.411. The lowest BCUT2D eigenvalue weighted by Gasteiger charge is -2.09. The number of halogens is 2. The van der Waals surface area contributed by atoms with E-state index in [4.69, 9.17) is 22.1 Å². The molecule has 0 spiro atoms. The zero-order valence-corrected chi connectivity index (χ0v) is 12.3. The summed E-state index contributed by atoms with van der Waals surface area (Å²) < 4.78 is 31.2. The Morgan fingerprint density at radius 2 is 2.05 bits per heavy atom. The van der Waals surface area contributed by atoms with Crippen LogP contribution < -0.4 is 10.5 Å². The first kappa shape index (κ1) is 14.8. The van der Waals surface area contributed by atoms with Gasteiger partial charge in [0.1, 0.15) is 11.6 Å². The predicted octanol–water partition coefficient (Wildman–Crippen LogP) is 3.38. The van der Waals surface area contributed by atoms with Crippen LogP contribution in [0.25, 0.3) is 0 Å². The van der Waals surface area contributed by atoms with Gasteiger partial charge in [0.15, 0.2) is 0 Å². The van der Waals surface area contributed by atoms with Crippen molar-refractivity contribution in [1.82, 2.24) is 0 Å². The summed E-state index contributed by atoms with van der Waals surface area (Å²) in [4.78, 5) is 0.112. The van der Waals surface area contributed by atoms with Crippen LogP contribution in [0.5, 0.6) is 5.75 Å². The van der Waals surface area contributed by atoms with Crippen LogP contribution in [0.3, 0.4) is 0 Å². The standard InChI is InChI=1S/C14H13ClFNO2S/c1-19-13-4-2-10(15)6-9(13)8-20(18)14-5-3-11(17)7-12(14)16/h2-7H,8,17H2,1H3. The summed E-state index contributed by atoms with van der Waals surface area (Å²) in [6.45, 7) is 0. The van der Waals surface area contributed by atoms with Crippen molar-refractivity contribution in [3.8, 4) is 5.75 Å². The highest BCUT2D eigenvalue weighted by atomic mass is 35.5. The number of nitrogen functional groups attached to an aromatic ring is 1. The number of benzene rings is 2. The van der Waals surface area contributed by atoms with Crippen LogP contribution in [0.2, 0.25) is 5.02 Å². The van der Waals surface area contributed by atoms with E-state index in [2.05, 4.69) is 0 Å². The number of hydrogen-bond acceptors (Lipinski definition) is 3. The van der Waals surface area contributed by atoms with Crippen LogP contribution in [-0.4, -0.2) is 11.3 Å². The molecular weight excluding hydrogens is 301 g/mol. The van der Waals surface area contributed by atoms with Gasteiger partial charge < -0.3 is 10.5 Å². The maximum Gasteiger partial charge on any atom is 0.141 e. The number of anilines is 1. The summed E-state index contributed by atoms with van der Waals surface area (Å²) in [6.07, 6.45) is 0. The smallest absolute Gasteiger partial charge is 0.141 e. The second-order valence-corrected chi connectivity index (χ2v) is 5.99. The largest absolute Gasteiger partial charge is 0.496 e. The summed E-state index contributed by atoms with van der Waals surface area (Å²) >= 11 is 5.91. The topological polar surface area (TPSA) is 52.3 Å². The summed E-state index contributed by atoms with van der Waals surface area (Å²) in [5.74, 6) is 0.104. The van der Waals surface area contributed by atoms with Gasteiger partial charge in [-0.15, -0.1) is 0 Å². The van der Waals surface area contributed by atoms with E-state index in [1.54, 1.807) is 18.2 Å². The van der Waals surface area contributed by atoms with Gasteiger partial charge in [0.2, 0.25) is 0 Å². The molecule has 1 unspecified atom stereocenters. The van der Waals surface area contributed by atoms with E-state index in [0.29, 0.717) is 22.0 Å². The lowest BCUT2D eigenvalue weighted by Crippen LogP contribution is -2.02. The lowest BCUT2D eigenvalue weighted by atomic mass is 10.2. The minimum atomic E-state index is -1.54. The van der Waals surface area contributed by atoms with E-state index in [9.17, 15) is 8.60 Å². The zero-order chi connectivity index (χ0) is 14.7. The molecule has 0 heterocycles. The van der Waals surface area contributed by atoms with E-state index < -0.39 is 16.6 Å². The van der Waals surface area contributed by atoms with Crippen molar-refractivity contribution < 1.29 is 13.3 Å². The number of ether oxygens (including phenoxy) is 1. The van der Waals surface area contributed by atoms with Gasteiger partial charge in [0, 0.05) is 16.3 Å². The molecule has 0 aromatic heterocycles. The van der Waals surface area contributed by atoms with Gasteiger partial charge in [0.05, 0.1) is 28.6 Å². The first-order chi connectivity index (χ1) is 9.51. The first-order valence-corrected chi connectivity index (χ1v) is 7.46. The Balaban J connectivity index is 2.30.